The molecule has 3 rings (SSSR count). The largest absolute Gasteiger partial charge is 0.490 e. The standard InChI is InChI=1S/C16H22N2O3/c1-16(5-7-17-8-6-16)15(19)18-12-3-4-13-14(11-12)21-10-2-9-20-13/h3-4,11,17H,2,5-10H2,1H3,(H,18,19). The van der Waals surface area contributed by atoms with E-state index in [-0.39, 0.29) is 11.3 Å². The van der Waals surface area contributed by atoms with Crippen LogP contribution in [0.2, 0.25) is 0 Å². The summed E-state index contributed by atoms with van der Waals surface area (Å²) >= 11 is 0. The van der Waals surface area contributed by atoms with Crippen molar-refractivity contribution in [1.82, 2.24) is 5.32 Å². The van der Waals surface area contributed by atoms with E-state index in [1.807, 2.05) is 25.1 Å². The highest BCUT2D eigenvalue weighted by molar-refractivity contribution is 5.95. The lowest BCUT2D eigenvalue weighted by atomic mass is 9.80. The van der Waals surface area contributed by atoms with Gasteiger partial charge in [-0.25, -0.2) is 0 Å². The van der Waals surface area contributed by atoms with Gasteiger partial charge in [0.05, 0.1) is 13.2 Å². The molecule has 0 bridgehead atoms. The Morgan fingerprint density at radius 1 is 1.19 bits per heavy atom. The van der Waals surface area contributed by atoms with Gasteiger partial charge in [0.2, 0.25) is 5.91 Å². The smallest absolute Gasteiger partial charge is 0.230 e. The Morgan fingerprint density at radius 3 is 2.67 bits per heavy atom. The first-order chi connectivity index (χ1) is 10.2. The van der Waals surface area contributed by atoms with Gasteiger partial charge < -0.3 is 20.1 Å². The van der Waals surface area contributed by atoms with Gasteiger partial charge in [-0.05, 0) is 38.1 Å². The van der Waals surface area contributed by atoms with Crippen LogP contribution in [0.1, 0.15) is 26.2 Å². The molecule has 1 amide bonds. The molecule has 1 aromatic rings. The van der Waals surface area contributed by atoms with Crippen LogP contribution in [-0.2, 0) is 4.79 Å². The third kappa shape index (κ3) is 3.13. The van der Waals surface area contributed by atoms with E-state index in [0.717, 1.165) is 43.8 Å². The number of hydrogen-bond donors (Lipinski definition) is 2. The number of fused-ring (bicyclic) bond motifs is 1. The molecule has 2 aliphatic heterocycles. The molecule has 5 nitrogen and oxygen atoms in total. The molecular weight excluding hydrogens is 268 g/mol. The maximum atomic E-state index is 12.5. The lowest BCUT2D eigenvalue weighted by Crippen LogP contribution is -2.42. The number of rotatable bonds is 2. The van der Waals surface area contributed by atoms with Crippen LogP contribution < -0.4 is 20.1 Å². The van der Waals surface area contributed by atoms with Crippen molar-refractivity contribution in [3.8, 4) is 11.5 Å². The summed E-state index contributed by atoms with van der Waals surface area (Å²) in [4.78, 5) is 12.5. The Balaban J connectivity index is 1.72. The summed E-state index contributed by atoms with van der Waals surface area (Å²) in [7, 11) is 0. The van der Waals surface area contributed by atoms with Gasteiger partial charge in [-0.2, -0.15) is 0 Å². The van der Waals surface area contributed by atoms with Crippen LogP contribution in [-0.4, -0.2) is 32.2 Å². The predicted octanol–water partition coefficient (Wildman–Crippen LogP) is 2.18. The molecule has 2 heterocycles. The van der Waals surface area contributed by atoms with Crippen molar-refractivity contribution >= 4 is 11.6 Å². The minimum absolute atomic E-state index is 0.0819. The van der Waals surface area contributed by atoms with E-state index in [2.05, 4.69) is 10.6 Å². The van der Waals surface area contributed by atoms with E-state index < -0.39 is 0 Å². The molecule has 0 spiro atoms. The molecule has 0 radical (unpaired) electrons. The fraction of sp³-hybridized carbons (Fsp3) is 0.562. The van der Waals surface area contributed by atoms with E-state index in [9.17, 15) is 4.79 Å². The molecule has 2 aliphatic rings. The Labute approximate surface area is 125 Å². The van der Waals surface area contributed by atoms with Gasteiger partial charge in [-0.15, -0.1) is 0 Å². The molecule has 21 heavy (non-hydrogen) atoms. The zero-order valence-corrected chi connectivity index (χ0v) is 12.4. The number of anilines is 1. The average Bonchev–Trinajstić information content (AvgIpc) is 2.73. The lowest BCUT2D eigenvalue weighted by molar-refractivity contribution is -0.126. The lowest BCUT2D eigenvalue weighted by Gasteiger charge is -2.32. The van der Waals surface area contributed by atoms with Crippen LogP contribution in [0.4, 0.5) is 5.69 Å². The molecule has 114 valence electrons. The van der Waals surface area contributed by atoms with E-state index >= 15 is 0 Å². The number of hydrogen-bond acceptors (Lipinski definition) is 4. The first-order valence-electron chi connectivity index (χ1n) is 7.59. The van der Waals surface area contributed by atoms with E-state index in [1.54, 1.807) is 0 Å². The first kappa shape index (κ1) is 14.2. The zero-order chi connectivity index (χ0) is 14.7. The zero-order valence-electron chi connectivity index (χ0n) is 12.4. The second-order valence-corrected chi connectivity index (χ2v) is 5.98. The van der Waals surface area contributed by atoms with Crippen molar-refractivity contribution in [2.24, 2.45) is 5.41 Å². The van der Waals surface area contributed by atoms with Crippen LogP contribution in [0.15, 0.2) is 18.2 Å². The van der Waals surface area contributed by atoms with E-state index in [1.165, 1.54) is 0 Å². The number of ether oxygens (including phenoxy) is 2. The van der Waals surface area contributed by atoms with E-state index in [0.29, 0.717) is 19.0 Å². The summed E-state index contributed by atoms with van der Waals surface area (Å²) < 4.78 is 11.3. The SMILES string of the molecule is CC1(C(=O)Nc2ccc3c(c2)OCCCO3)CCNCC1. The third-order valence-corrected chi connectivity index (χ3v) is 4.26. The van der Waals surface area contributed by atoms with Crippen LogP contribution >= 0.6 is 0 Å². The molecule has 1 fully saturated rings. The maximum absolute atomic E-state index is 12.5. The van der Waals surface area contributed by atoms with Crippen LogP contribution in [0, 0.1) is 5.41 Å². The van der Waals surface area contributed by atoms with Gasteiger partial charge >= 0.3 is 0 Å². The molecule has 0 aliphatic carbocycles. The molecule has 0 unspecified atom stereocenters. The highest BCUT2D eigenvalue weighted by atomic mass is 16.5. The molecule has 0 aromatic heterocycles. The molecule has 0 saturated carbocycles. The average molecular weight is 290 g/mol. The van der Waals surface area contributed by atoms with Crippen molar-refractivity contribution in [1.29, 1.82) is 0 Å². The van der Waals surface area contributed by atoms with Gasteiger partial charge in [0.15, 0.2) is 11.5 Å². The van der Waals surface area contributed by atoms with Crippen molar-refractivity contribution < 1.29 is 14.3 Å². The molecular formula is C16H22N2O3. The van der Waals surface area contributed by atoms with Crippen molar-refractivity contribution in [2.45, 2.75) is 26.2 Å². The Bertz CT molecular complexity index is 524. The molecule has 5 heteroatoms. The number of nitrogens with one attached hydrogen (secondary N) is 2. The minimum Gasteiger partial charge on any atom is -0.490 e. The van der Waals surface area contributed by atoms with E-state index in [4.69, 9.17) is 9.47 Å². The summed E-state index contributed by atoms with van der Waals surface area (Å²) in [6.07, 6.45) is 2.61. The number of benzene rings is 1. The number of carbonyl (C=O) groups excluding carboxylic acids is 1. The summed E-state index contributed by atoms with van der Waals surface area (Å²) in [5.74, 6) is 1.54. The second-order valence-electron chi connectivity index (χ2n) is 5.98. The van der Waals surface area contributed by atoms with Gasteiger partial charge in [-0.1, -0.05) is 6.92 Å². The quantitative estimate of drug-likeness (QED) is 0.876. The van der Waals surface area contributed by atoms with Crippen molar-refractivity contribution in [3.05, 3.63) is 18.2 Å². The Hall–Kier alpha value is -1.75. The first-order valence-corrected chi connectivity index (χ1v) is 7.59. The van der Waals surface area contributed by atoms with Crippen LogP contribution in [0.3, 0.4) is 0 Å². The Kier molecular flexibility index (Phi) is 4.01. The van der Waals surface area contributed by atoms with Crippen molar-refractivity contribution in [3.63, 3.8) is 0 Å². The highest BCUT2D eigenvalue weighted by Crippen LogP contribution is 2.34. The summed E-state index contributed by atoms with van der Waals surface area (Å²) in [5.41, 5.74) is 0.471. The van der Waals surface area contributed by atoms with Gasteiger partial charge in [0.25, 0.3) is 0 Å². The topological polar surface area (TPSA) is 59.6 Å². The normalized spacial score (nSPS) is 20.4. The molecule has 0 atom stereocenters. The summed E-state index contributed by atoms with van der Waals surface area (Å²) in [5, 5.41) is 6.31. The molecule has 2 N–H and O–H groups in total. The Morgan fingerprint density at radius 2 is 1.90 bits per heavy atom. The molecule has 1 aromatic carbocycles. The number of piperidine rings is 1. The number of amides is 1. The van der Waals surface area contributed by atoms with Crippen LogP contribution in [0.5, 0.6) is 11.5 Å². The highest BCUT2D eigenvalue weighted by Gasteiger charge is 2.34. The van der Waals surface area contributed by atoms with Gasteiger partial charge in [0, 0.05) is 23.6 Å². The third-order valence-electron chi connectivity index (χ3n) is 4.26. The monoisotopic (exact) mass is 290 g/mol. The van der Waals surface area contributed by atoms with Crippen LogP contribution in [0.25, 0.3) is 0 Å². The van der Waals surface area contributed by atoms with Crippen molar-refractivity contribution in [2.75, 3.05) is 31.6 Å². The van der Waals surface area contributed by atoms with Gasteiger partial charge in [0.1, 0.15) is 0 Å². The molecule has 1 saturated heterocycles. The maximum Gasteiger partial charge on any atom is 0.230 e. The predicted molar refractivity (Wildman–Crippen MR) is 80.9 cm³/mol. The second kappa shape index (κ2) is 5.93. The van der Waals surface area contributed by atoms with Gasteiger partial charge in [-0.3, -0.25) is 4.79 Å². The fourth-order valence-corrected chi connectivity index (χ4v) is 2.73. The fourth-order valence-electron chi connectivity index (χ4n) is 2.73. The summed E-state index contributed by atoms with van der Waals surface area (Å²) in [6.45, 7) is 5.14. The minimum atomic E-state index is -0.296. The summed E-state index contributed by atoms with van der Waals surface area (Å²) in [6, 6.07) is 5.58. The number of carbonyl (C=O) groups is 1.